The lowest BCUT2D eigenvalue weighted by atomic mass is 9.95. The second-order valence-corrected chi connectivity index (χ2v) is 16.0. The van der Waals surface area contributed by atoms with Crippen molar-refractivity contribution >= 4 is 77.1 Å². The normalized spacial score (nSPS) is 12.9. The molecule has 0 unspecified atom stereocenters. The average molecular weight is 813 g/mol. The van der Waals surface area contributed by atoms with Crippen LogP contribution in [0.2, 0.25) is 0 Å². The van der Waals surface area contributed by atoms with Crippen LogP contribution in [0.25, 0.3) is 93.8 Å². The highest BCUT2D eigenvalue weighted by molar-refractivity contribution is 6.16. The highest BCUT2D eigenvalue weighted by atomic mass is 16.5. The molecule has 7 heteroatoms. The largest absolute Gasteiger partial charge is 0.456 e. The van der Waals surface area contributed by atoms with E-state index in [9.17, 15) is 0 Å². The number of nitrogens with zero attached hydrogens (tertiary/aromatic N) is 4. The molecule has 63 heavy (non-hydrogen) atoms. The Morgan fingerprint density at radius 2 is 1.14 bits per heavy atom. The van der Waals surface area contributed by atoms with Crippen molar-refractivity contribution in [1.82, 2.24) is 9.55 Å². The zero-order valence-corrected chi connectivity index (χ0v) is 33.9. The molecule has 0 saturated carbocycles. The van der Waals surface area contributed by atoms with Gasteiger partial charge in [-0.3, -0.25) is 4.57 Å². The summed E-state index contributed by atoms with van der Waals surface area (Å²) in [6.45, 7) is 0.581. The molecular formula is C56H36N4O3. The van der Waals surface area contributed by atoms with Gasteiger partial charge in [-0.25, -0.2) is 4.98 Å². The Kier molecular flexibility index (Phi) is 7.83. The monoisotopic (exact) mass is 812 g/mol. The highest BCUT2D eigenvalue weighted by Gasteiger charge is 2.25. The maximum Gasteiger partial charge on any atom is 0.178 e. The lowest BCUT2D eigenvalue weighted by Gasteiger charge is -2.26. The molecule has 298 valence electrons. The van der Waals surface area contributed by atoms with Gasteiger partial charge in [0.15, 0.2) is 11.3 Å². The van der Waals surface area contributed by atoms with Gasteiger partial charge in [0.2, 0.25) is 0 Å². The molecule has 8 aromatic carbocycles. The molecule has 5 heterocycles. The number of para-hydroxylation sites is 3. The van der Waals surface area contributed by atoms with Gasteiger partial charge in [0.05, 0.1) is 23.4 Å². The molecule has 0 fully saturated rings. The van der Waals surface area contributed by atoms with Gasteiger partial charge in [0, 0.05) is 85.9 Å². The van der Waals surface area contributed by atoms with Crippen LogP contribution >= 0.6 is 0 Å². The van der Waals surface area contributed by atoms with Gasteiger partial charge in [0.1, 0.15) is 28.3 Å². The molecule has 4 aromatic heterocycles. The third-order valence-electron chi connectivity index (χ3n) is 12.3. The van der Waals surface area contributed by atoms with Crippen LogP contribution in [0.15, 0.2) is 215 Å². The molecule has 0 bridgehead atoms. The van der Waals surface area contributed by atoms with Crippen molar-refractivity contribution in [2.75, 3.05) is 16.5 Å². The Balaban J connectivity index is 0.969. The third kappa shape index (κ3) is 5.71. The Hall–Kier alpha value is -8.55. The smallest absolute Gasteiger partial charge is 0.178 e. The fraction of sp³-hybridized carbons (Fsp3) is 0.0179. The van der Waals surface area contributed by atoms with Crippen molar-refractivity contribution in [2.45, 2.75) is 0 Å². The number of fused-ring (bicyclic) bond motifs is 9. The molecule has 0 atom stereocenters. The first kappa shape index (κ1) is 35.2. The van der Waals surface area contributed by atoms with Crippen molar-refractivity contribution in [3.63, 3.8) is 0 Å². The van der Waals surface area contributed by atoms with Crippen LogP contribution in [-0.2, 0) is 0 Å². The van der Waals surface area contributed by atoms with E-state index in [0.717, 1.165) is 88.4 Å². The van der Waals surface area contributed by atoms with Gasteiger partial charge in [-0.1, -0.05) is 121 Å². The van der Waals surface area contributed by atoms with Crippen molar-refractivity contribution in [3.8, 4) is 39.6 Å². The van der Waals surface area contributed by atoms with Crippen LogP contribution in [0, 0.1) is 0 Å². The Labute approximate surface area is 361 Å². The predicted octanol–water partition coefficient (Wildman–Crippen LogP) is 14.9. The third-order valence-corrected chi connectivity index (χ3v) is 12.3. The van der Waals surface area contributed by atoms with E-state index in [0.29, 0.717) is 23.8 Å². The Bertz CT molecular complexity index is 3700. The predicted molar refractivity (Wildman–Crippen MR) is 256 cm³/mol. The van der Waals surface area contributed by atoms with E-state index < -0.39 is 0 Å². The number of rotatable bonds is 7. The van der Waals surface area contributed by atoms with Crippen LogP contribution in [0.5, 0.6) is 11.5 Å². The summed E-state index contributed by atoms with van der Waals surface area (Å²) in [7, 11) is 0. The zero-order valence-electron chi connectivity index (χ0n) is 33.9. The van der Waals surface area contributed by atoms with Crippen molar-refractivity contribution < 1.29 is 13.6 Å². The van der Waals surface area contributed by atoms with Crippen LogP contribution in [-0.4, -0.2) is 16.2 Å². The van der Waals surface area contributed by atoms with Crippen LogP contribution in [0.3, 0.4) is 0 Å². The van der Waals surface area contributed by atoms with E-state index in [1.54, 1.807) is 0 Å². The molecule has 0 N–H and O–H groups in total. The number of aromatic nitrogens is 2. The molecular weight excluding hydrogens is 777 g/mol. The van der Waals surface area contributed by atoms with Gasteiger partial charge >= 0.3 is 0 Å². The van der Waals surface area contributed by atoms with E-state index in [4.69, 9.17) is 18.6 Å². The van der Waals surface area contributed by atoms with Gasteiger partial charge < -0.3 is 23.4 Å². The maximum absolute atomic E-state index is 7.02. The van der Waals surface area contributed by atoms with Crippen LogP contribution < -0.4 is 14.5 Å². The minimum Gasteiger partial charge on any atom is -0.456 e. The van der Waals surface area contributed by atoms with Crippen molar-refractivity contribution in [3.05, 3.63) is 207 Å². The summed E-state index contributed by atoms with van der Waals surface area (Å²) in [5.74, 6) is 2.14. The first-order valence-corrected chi connectivity index (χ1v) is 21.1. The molecule has 0 amide bonds. The summed E-state index contributed by atoms with van der Waals surface area (Å²) in [5, 5.41) is 6.32. The van der Waals surface area contributed by atoms with Gasteiger partial charge in [-0.15, -0.1) is 0 Å². The van der Waals surface area contributed by atoms with Crippen molar-refractivity contribution in [1.29, 1.82) is 0 Å². The van der Waals surface area contributed by atoms with E-state index >= 15 is 0 Å². The van der Waals surface area contributed by atoms with E-state index in [-0.39, 0.29) is 0 Å². The zero-order chi connectivity index (χ0) is 41.4. The quantitative estimate of drug-likeness (QED) is 0.160. The van der Waals surface area contributed by atoms with Crippen LogP contribution in [0.1, 0.15) is 0 Å². The minimum absolute atomic E-state index is 0.581. The maximum atomic E-state index is 7.02. The first-order valence-electron chi connectivity index (χ1n) is 21.1. The number of benzene rings is 8. The summed E-state index contributed by atoms with van der Waals surface area (Å²) in [5.41, 5.74) is 11.9. The molecule has 13 rings (SSSR count). The van der Waals surface area contributed by atoms with Gasteiger partial charge in [0.25, 0.3) is 0 Å². The summed E-state index contributed by atoms with van der Waals surface area (Å²) in [6, 6.07) is 65.2. The fourth-order valence-corrected chi connectivity index (χ4v) is 9.45. The molecule has 0 radical (unpaired) electrons. The molecule has 12 aromatic rings. The second kappa shape index (κ2) is 14.0. The molecule has 7 nitrogen and oxygen atoms in total. The minimum atomic E-state index is 0.581. The summed E-state index contributed by atoms with van der Waals surface area (Å²) in [4.78, 5) is 9.37. The Morgan fingerprint density at radius 1 is 0.460 bits per heavy atom. The number of anilines is 2. The van der Waals surface area contributed by atoms with E-state index in [2.05, 4.69) is 166 Å². The van der Waals surface area contributed by atoms with Gasteiger partial charge in [-0.05, 0) is 59.7 Å². The number of ether oxygens (including phenoxy) is 1. The number of furan rings is 2. The molecule has 1 aliphatic heterocycles. The summed E-state index contributed by atoms with van der Waals surface area (Å²) in [6.07, 6.45) is 6.16. The standard InChI is InChI=1S/C56H36N4O3/c1-3-14-36(15-4-1)40-20-13-21-41(37-16-5-2-6-17-37)55(40)59-29-28-58(35-59)38-30-47-46-33-45-44-19-8-10-23-50(44)62-51(45)34-52(46)63-56(47)53(31-38)61-39-25-26-43-42-18-7-9-22-48(42)60(49(43)32-39)54-24-11-12-27-57-54/h1-34H,35H2. The Morgan fingerprint density at radius 3 is 1.94 bits per heavy atom. The van der Waals surface area contributed by atoms with Gasteiger partial charge in [-0.2, -0.15) is 0 Å². The molecule has 0 aliphatic carbocycles. The van der Waals surface area contributed by atoms with E-state index in [1.165, 1.54) is 11.1 Å². The SMILES string of the molecule is C1=CN(c2c(-c3ccccc3)cccc2-c2ccccc2)CN1c1cc(Oc2ccc3c4ccccc4n(-c4ccccn4)c3c2)c2oc3cc4oc5ccccc5c4cc3c2c1. The number of hydrogen-bond acceptors (Lipinski definition) is 6. The highest BCUT2D eigenvalue weighted by Crippen LogP contribution is 2.46. The average Bonchev–Trinajstić information content (AvgIpc) is 4.14. The lowest BCUT2D eigenvalue weighted by molar-refractivity contribution is 0.477. The first-order chi connectivity index (χ1) is 31.2. The lowest BCUT2D eigenvalue weighted by Crippen LogP contribution is -2.25. The van der Waals surface area contributed by atoms with E-state index in [1.807, 2.05) is 54.7 Å². The number of hydrogen-bond donors (Lipinski definition) is 0. The number of pyridine rings is 1. The molecule has 1 aliphatic rings. The fourth-order valence-electron chi connectivity index (χ4n) is 9.45. The molecule has 0 spiro atoms. The van der Waals surface area contributed by atoms with Crippen LogP contribution in [0.4, 0.5) is 11.4 Å². The topological polar surface area (TPSA) is 59.8 Å². The summed E-state index contributed by atoms with van der Waals surface area (Å²) < 4.78 is 22.3. The second-order valence-electron chi connectivity index (χ2n) is 16.0. The molecule has 0 saturated heterocycles. The summed E-state index contributed by atoms with van der Waals surface area (Å²) >= 11 is 0. The van der Waals surface area contributed by atoms with Crippen molar-refractivity contribution in [2.24, 2.45) is 0 Å².